The SMILES string of the molecule is CC1CN(C(=O)Cn2cc(CC(N)C(=O)O)nn2)CCO1. The van der Waals surface area contributed by atoms with Gasteiger partial charge in [-0.2, -0.15) is 0 Å². The highest BCUT2D eigenvalue weighted by atomic mass is 16.5. The van der Waals surface area contributed by atoms with E-state index in [-0.39, 0.29) is 25.0 Å². The van der Waals surface area contributed by atoms with Gasteiger partial charge in [0.2, 0.25) is 5.91 Å². The Labute approximate surface area is 121 Å². The molecule has 3 N–H and O–H groups in total. The Bertz CT molecular complexity index is 518. The minimum absolute atomic E-state index is 0.0302. The average Bonchev–Trinajstić information content (AvgIpc) is 2.85. The van der Waals surface area contributed by atoms with E-state index in [1.807, 2.05) is 6.92 Å². The number of carbonyl (C=O) groups is 2. The van der Waals surface area contributed by atoms with Crippen LogP contribution in [0.4, 0.5) is 0 Å². The highest BCUT2D eigenvalue weighted by molar-refractivity contribution is 5.76. The second kappa shape index (κ2) is 6.64. The second-order valence-electron chi connectivity index (χ2n) is 5.08. The number of carbonyl (C=O) groups excluding carboxylic acids is 1. The third kappa shape index (κ3) is 4.23. The van der Waals surface area contributed by atoms with Crippen molar-refractivity contribution >= 4 is 11.9 Å². The quantitative estimate of drug-likeness (QED) is 0.676. The van der Waals surface area contributed by atoms with Gasteiger partial charge < -0.3 is 20.5 Å². The number of hydrogen-bond acceptors (Lipinski definition) is 6. The minimum Gasteiger partial charge on any atom is -0.480 e. The van der Waals surface area contributed by atoms with Crippen LogP contribution in [0, 0.1) is 0 Å². The van der Waals surface area contributed by atoms with Gasteiger partial charge >= 0.3 is 5.97 Å². The van der Waals surface area contributed by atoms with E-state index in [2.05, 4.69) is 10.3 Å². The van der Waals surface area contributed by atoms with Crippen LogP contribution in [-0.2, 0) is 27.3 Å². The van der Waals surface area contributed by atoms with Crippen LogP contribution in [0.2, 0.25) is 0 Å². The van der Waals surface area contributed by atoms with E-state index in [9.17, 15) is 9.59 Å². The molecule has 0 aliphatic carbocycles. The number of carboxylic acid groups (broad SMARTS) is 1. The van der Waals surface area contributed by atoms with Crippen LogP contribution < -0.4 is 5.73 Å². The molecule has 1 fully saturated rings. The maximum absolute atomic E-state index is 12.1. The fraction of sp³-hybridized carbons (Fsp3) is 0.667. The van der Waals surface area contributed by atoms with Gasteiger partial charge in [0, 0.05) is 25.7 Å². The zero-order valence-corrected chi connectivity index (χ0v) is 11.8. The summed E-state index contributed by atoms with van der Waals surface area (Å²) in [6.07, 6.45) is 1.66. The van der Waals surface area contributed by atoms with E-state index in [0.29, 0.717) is 25.4 Å². The lowest BCUT2D eigenvalue weighted by molar-refractivity contribution is -0.139. The first-order valence-corrected chi connectivity index (χ1v) is 6.72. The molecule has 0 saturated carbocycles. The van der Waals surface area contributed by atoms with Gasteiger partial charge in [-0.1, -0.05) is 5.21 Å². The molecule has 1 aromatic rings. The number of hydrogen-bond donors (Lipinski definition) is 2. The van der Waals surface area contributed by atoms with Gasteiger partial charge in [0.1, 0.15) is 12.6 Å². The molecule has 116 valence electrons. The van der Waals surface area contributed by atoms with Crippen molar-refractivity contribution in [1.29, 1.82) is 0 Å². The highest BCUT2D eigenvalue weighted by Gasteiger charge is 2.22. The summed E-state index contributed by atoms with van der Waals surface area (Å²) in [5.41, 5.74) is 5.88. The first-order chi connectivity index (χ1) is 9.95. The molecule has 0 spiro atoms. The van der Waals surface area contributed by atoms with Crippen molar-refractivity contribution < 1.29 is 19.4 Å². The number of carboxylic acids is 1. The van der Waals surface area contributed by atoms with Crippen molar-refractivity contribution in [3.63, 3.8) is 0 Å². The van der Waals surface area contributed by atoms with Gasteiger partial charge in [0.25, 0.3) is 0 Å². The standard InChI is InChI=1S/C12H19N5O4/c1-8-5-16(2-3-21-8)11(18)7-17-6-9(14-15-17)4-10(13)12(19)20/h6,8,10H,2-5,7,13H2,1H3,(H,19,20). The van der Waals surface area contributed by atoms with Gasteiger partial charge in [0.05, 0.1) is 18.4 Å². The van der Waals surface area contributed by atoms with Gasteiger partial charge in [-0.05, 0) is 6.92 Å². The zero-order chi connectivity index (χ0) is 15.4. The van der Waals surface area contributed by atoms with Crippen LogP contribution in [0.1, 0.15) is 12.6 Å². The Balaban J connectivity index is 1.89. The van der Waals surface area contributed by atoms with Gasteiger partial charge in [-0.15, -0.1) is 5.10 Å². The number of amides is 1. The molecule has 1 aliphatic rings. The van der Waals surface area contributed by atoms with E-state index >= 15 is 0 Å². The van der Waals surface area contributed by atoms with Crippen molar-refractivity contribution in [2.75, 3.05) is 19.7 Å². The molecule has 1 amide bonds. The number of ether oxygens (including phenoxy) is 1. The molecule has 0 radical (unpaired) electrons. The molecule has 1 aromatic heterocycles. The number of nitrogens with zero attached hydrogens (tertiary/aromatic N) is 4. The van der Waals surface area contributed by atoms with Crippen molar-refractivity contribution in [3.05, 3.63) is 11.9 Å². The lowest BCUT2D eigenvalue weighted by Crippen LogP contribution is -2.45. The van der Waals surface area contributed by atoms with Crippen LogP contribution in [0.15, 0.2) is 6.20 Å². The van der Waals surface area contributed by atoms with Crippen LogP contribution >= 0.6 is 0 Å². The molecule has 0 bridgehead atoms. The summed E-state index contributed by atoms with van der Waals surface area (Å²) in [6.45, 7) is 3.64. The molecule has 9 nitrogen and oxygen atoms in total. The Hall–Kier alpha value is -2.00. The number of nitrogens with two attached hydrogens (primary N) is 1. The number of rotatable bonds is 5. The first kappa shape index (κ1) is 15.4. The number of aliphatic carboxylic acids is 1. The topological polar surface area (TPSA) is 124 Å². The van der Waals surface area contributed by atoms with E-state index in [1.165, 1.54) is 4.68 Å². The average molecular weight is 297 g/mol. The van der Waals surface area contributed by atoms with Crippen LogP contribution in [0.25, 0.3) is 0 Å². The van der Waals surface area contributed by atoms with E-state index in [1.54, 1.807) is 11.1 Å². The smallest absolute Gasteiger partial charge is 0.320 e. The van der Waals surface area contributed by atoms with E-state index < -0.39 is 12.0 Å². The van der Waals surface area contributed by atoms with E-state index in [0.717, 1.165) is 0 Å². The van der Waals surface area contributed by atoms with Gasteiger partial charge in [-0.25, -0.2) is 4.68 Å². The monoisotopic (exact) mass is 297 g/mol. The Morgan fingerprint density at radius 3 is 3.05 bits per heavy atom. The fourth-order valence-corrected chi connectivity index (χ4v) is 2.11. The molecule has 21 heavy (non-hydrogen) atoms. The summed E-state index contributed by atoms with van der Waals surface area (Å²) in [5.74, 6) is -1.16. The third-order valence-corrected chi connectivity index (χ3v) is 3.22. The molecule has 2 heterocycles. The molecule has 9 heteroatoms. The van der Waals surface area contributed by atoms with Crippen LogP contribution in [-0.4, -0.2) is 68.7 Å². The molecule has 2 rings (SSSR count). The number of aromatic nitrogens is 3. The predicted octanol–water partition coefficient (Wildman–Crippen LogP) is -1.52. The van der Waals surface area contributed by atoms with Crippen molar-refractivity contribution in [2.24, 2.45) is 5.73 Å². The molecule has 2 atom stereocenters. The highest BCUT2D eigenvalue weighted by Crippen LogP contribution is 2.06. The summed E-state index contributed by atoms with van der Waals surface area (Å²) in [6, 6.07) is -1.02. The molecule has 1 aliphatic heterocycles. The summed E-state index contributed by atoms with van der Waals surface area (Å²) in [5, 5.41) is 16.4. The minimum atomic E-state index is -1.09. The largest absolute Gasteiger partial charge is 0.480 e. The lowest BCUT2D eigenvalue weighted by Gasteiger charge is -2.31. The molecular formula is C12H19N5O4. The normalized spacial score (nSPS) is 20.3. The van der Waals surface area contributed by atoms with Crippen LogP contribution in [0.3, 0.4) is 0 Å². The molecule has 2 unspecified atom stereocenters. The summed E-state index contributed by atoms with van der Waals surface area (Å²) >= 11 is 0. The summed E-state index contributed by atoms with van der Waals surface area (Å²) in [7, 11) is 0. The maximum atomic E-state index is 12.1. The Morgan fingerprint density at radius 1 is 1.62 bits per heavy atom. The Kier molecular flexibility index (Phi) is 4.86. The molecular weight excluding hydrogens is 278 g/mol. The van der Waals surface area contributed by atoms with Crippen molar-refractivity contribution in [3.8, 4) is 0 Å². The Morgan fingerprint density at radius 2 is 2.38 bits per heavy atom. The van der Waals surface area contributed by atoms with Crippen LogP contribution in [0.5, 0.6) is 0 Å². The first-order valence-electron chi connectivity index (χ1n) is 6.72. The summed E-state index contributed by atoms with van der Waals surface area (Å²) < 4.78 is 6.78. The number of morpholine rings is 1. The predicted molar refractivity (Wildman–Crippen MR) is 71.3 cm³/mol. The third-order valence-electron chi connectivity index (χ3n) is 3.22. The maximum Gasteiger partial charge on any atom is 0.320 e. The lowest BCUT2D eigenvalue weighted by atomic mass is 10.2. The fourth-order valence-electron chi connectivity index (χ4n) is 2.11. The van der Waals surface area contributed by atoms with Crippen molar-refractivity contribution in [2.45, 2.75) is 32.0 Å². The molecule has 0 aromatic carbocycles. The second-order valence-corrected chi connectivity index (χ2v) is 5.08. The van der Waals surface area contributed by atoms with E-state index in [4.69, 9.17) is 15.6 Å². The van der Waals surface area contributed by atoms with Gasteiger partial charge in [0.15, 0.2) is 0 Å². The molecule has 1 saturated heterocycles. The van der Waals surface area contributed by atoms with Gasteiger partial charge in [-0.3, -0.25) is 9.59 Å². The van der Waals surface area contributed by atoms with Crippen molar-refractivity contribution in [1.82, 2.24) is 19.9 Å². The zero-order valence-electron chi connectivity index (χ0n) is 11.8. The summed E-state index contributed by atoms with van der Waals surface area (Å²) in [4.78, 5) is 24.5.